The summed E-state index contributed by atoms with van der Waals surface area (Å²) in [6.45, 7) is 8.94. The lowest BCUT2D eigenvalue weighted by Gasteiger charge is -2.29. The molecular formula is C15H27Cl2N3OS. The zero-order valence-corrected chi connectivity index (χ0v) is 16.1. The number of aromatic nitrogens is 1. The van der Waals surface area contributed by atoms with Crippen molar-refractivity contribution in [3.8, 4) is 0 Å². The van der Waals surface area contributed by atoms with Crippen molar-refractivity contribution in [1.82, 2.24) is 10.3 Å². The minimum absolute atomic E-state index is 0. The molecule has 1 amide bonds. The quantitative estimate of drug-likeness (QED) is 0.839. The first-order valence-electron chi connectivity index (χ1n) is 7.20. The van der Waals surface area contributed by atoms with Gasteiger partial charge in [0.25, 0.3) is 0 Å². The van der Waals surface area contributed by atoms with Crippen LogP contribution in [0.1, 0.15) is 51.2 Å². The van der Waals surface area contributed by atoms with Gasteiger partial charge in [-0.2, -0.15) is 0 Å². The average Bonchev–Trinajstić information content (AvgIpc) is 3.09. The topological polar surface area (TPSA) is 68.0 Å². The number of hydrogen-bond acceptors (Lipinski definition) is 4. The Labute approximate surface area is 149 Å². The molecule has 0 spiro atoms. The van der Waals surface area contributed by atoms with E-state index >= 15 is 0 Å². The molecule has 0 radical (unpaired) electrons. The Morgan fingerprint density at radius 1 is 1.36 bits per heavy atom. The molecule has 1 fully saturated rings. The van der Waals surface area contributed by atoms with Gasteiger partial charge in [0.05, 0.1) is 22.7 Å². The zero-order chi connectivity index (χ0) is 15.0. The van der Waals surface area contributed by atoms with Crippen LogP contribution in [0.15, 0.2) is 5.38 Å². The number of rotatable bonds is 5. The molecule has 0 aliphatic heterocycles. The molecule has 128 valence electrons. The number of thiazole rings is 1. The molecule has 3 N–H and O–H groups in total. The lowest BCUT2D eigenvalue weighted by Crippen LogP contribution is -2.53. The molecule has 1 aromatic rings. The second-order valence-corrected chi connectivity index (χ2v) is 7.87. The van der Waals surface area contributed by atoms with Crippen LogP contribution in [-0.2, 0) is 16.6 Å². The molecule has 1 unspecified atom stereocenters. The predicted octanol–water partition coefficient (Wildman–Crippen LogP) is 3.07. The smallest absolute Gasteiger partial charge is 0.226 e. The second-order valence-electron chi connectivity index (χ2n) is 7.01. The van der Waals surface area contributed by atoms with E-state index < -0.39 is 0 Å². The Morgan fingerprint density at radius 2 is 1.95 bits per heavy atom. The summed E-state index contributed by atoms with van der Waals surface area (Å²) in [5.41, 5.74) is 6.47. The zero-order valence-electron chi connectivity index (χ0n) is 13.6. The number of nitrogens with zero attached hydrogens (tertiary/aromatic N) is 1. The van der Waals surface area contributed by atoms with Gasteiger partial charge in [0.1, 0.15) is 0 Å². The van der Waals surface area contributed by atoms with Gasteiger partial charge in [0.15, 0.2) is 0 Å². The fourth-order valence-corrected chi connectivity index (χ4v) is 3.21. The van der Waals surface area contributed by atoms with Crippen LogP contribution < -0.4 is 11.1 Å². The number of carbonyl (C=O) groups excluding carboxylic acids is 1. The third kappa shape index (κ3) is 5.37. The lowest BCUT2D eigenvalue weighted by molar-refractivity contribution is -0.122. The Kier molecular flexibility index (Phi) is 7.82. The minimum Gasteiger partial charge on any atom is -0.349 e. The summed E-state index contributed by atoms with van der Waals surface area (Å²) in [6.07, 6.45) is 2.67. The van der Waals surface area contributed by atoms with Crippen LogP contribution >= 0.6 is 36.2 Å². The standard InChI is InChI=1S/C15H25N3OS.2ClH/c1-14(2,3)13-17-11(8-20-13)7-12(19)18-15(4,9-16)10-5-6-10;;/h8,10H,5-7,9,16H2,1-4H3,(H,18,19);2*1H. The molecule has 1 atom stereocenters. The van der Waals surface area contributed by atoms with Crippen LogP contribution in [0.5, 0.6) is 0 Å². The van der Waals surface area contributed by atoms with Crippen LogP contribution in [0.3, 0.4) is 0 Å². The van der Waals surface area contributed by atoms with E-state index in [1.54, 1.807) is 11.3 Å². The summed E-state index contributed by atoms with van der Waals surface area (Å²) >= 11 is 1.63. The highest BCUT2D eigenvalue weighted by molar-refractivity contribution is 7.09. The molecule has 0 bridgehead atoms. The first-order chi connectivity index (χ1) is 9.24. The Bertz CT molecular complexity index is 497. The molecular weight excluding hydrogens is 341 g/mol. The monoisotopic (exact) mass is 367 g/mol. The highest BCUT2D eigenvalue weighted by Crippen LogP contribution is 2.39. The summed E-state index contributed by atoms with van der Waals surface area (Å²) in [4.78, 5) is 16.7. The van der Waals surface area contributed by atoms with Gasteiger partial charge in [-0.3, -0.25) is 4.79 Å². The van der Waals surface area contributed by atoms with Gasteiger partial charge in [-0.15, -0.1) is 36.2 Å². The van der Waals surface area contributed by atoms with E-state index in [1.165, 1.54) is 12.8 Å². The fraction of sp³-hybridized carbons (Fsp3) is 0.733. The van der Waals surface area contributed by atoms with E-state index in [9.17, 15) is 4.79 Å². The maximum Gasteiger partial charge on any atom is 0.226 e. The largest absolute Gasteiger partial charge is 0.349 e. The van der Waals surface area contributed by atoms with E-state index in [4.69, 9.17) is 5.73 Å². The molecule has 0 saturated heterocycles. The number of halogens is 2. The van der Waals surface area contributed by atoms with Crippen molar-refractivity contribution in [2.24, 2.45) is 11.7 Å². The van der Waals surface area contributed by atoms with Crippen LogP contribution in [0.4, 0.5) is 0 Å². The van der Waals surface area contributed by atoms with Crippen molar-refractivity contribution in [3.05, 3.63) is 16.1 Å². The van der Waals surface area contributed by atoms with Gasteiger partial charge in [0, 0.05) is 17.3 Å². The summed E-state index contributed by atoms with van der Waals surface area (Å²) < 4.78 is 0. The molecule has 2 rings (SSSR count). The summed E-state index contributed by atoms with van der Waals surface area (Å²) in [7, 11) is 0. The van der Waals surface area contributed by atoms with Crippen molar-refractivity contribution in [1.29, 1.82) is 0 Å². The Hall–Kier alpha value is -0.360. The summed E-state index contributed by atoms with van der Waals surface area (Å²) in [6, 6.07) is 0. The molecule has 7 heteroatoms. The lowest BCUT2D eigenvalue weighted by atomic mass is 9.95. The van der Waals surface area contributed by atoms with Gasteiger partial charge in [-0.1, -0.05) is 20.8 Å². The molecule has 22 heavy (non-hydrogen) atoms. The van der Waals surface area contributed by atoms with E-state index in [1.807, 2.05) is 12.3 Å². The van der Waals surface area contributed by atoms with Gasteiger partial charge < -0.3 is 11.1 Å². The molecule has 1 aliphatic rings. The molecule has 1 aliphatic carbocycles. The number of nitrogens with two attached hydrogens (primary N) is 1. The molecule has 1 heterocycles. The molecule has 4 nitrogen and oxygen atoms in total. The second kappa shape index (κ2) is 7.95. The van der Waals surface area contributed by atoms with Crippen molar-refractivity contribution in [2.45, 2.75) is 57.9 Å². The van der Waals surface area contributed by atoms with Crippen LogP contribution in [-0.4, -0.2) is 23.0 Å². The normalized spacial score (nSPS) is 17.0. The predicted molar refractivity (Wildman–Crippen MR) is 97.3 cm³/mol. The van der Waals surface area contributed by atoms with Crippen molar-refractivity contribution in [2.75, 3.05) is 6.54 Å². The first kappa shape index (κ1) is 21.6. The summed E-state index contributed by atoms with van der Waals surface area (Å²) in [5.74, 6) is 0.563. The highest BCUT2D eigenvalue weighted by Gasteiger charge is 2.41. The van der Waals surface area contributed by atoms with Crippen molar-refractivity contribution in [3.63, 3.8) is 0 Å². The van der Waals surface area contributed by atoms with E-state index in [2.05, 4.69) is 31.1 Å². The number of hydrogen-bond donors (Lipinski definition) is 2. The van der Waals surface area contributed by atoms with E-state index in [0.29, 0.717) is 18.9 Å². The Balaban J connectivity index is 0.00000220. The fourth-order valence-electron chi connectivity index (χ4n) is 2.30. The van der Waals surface area contributed by atoms with Crippen LogP contribution in [0, 0.1) is 5.92 Å². The minimum atomic E-state index is -0.250. The van der Waals surface area contributed by atoms with E-state index in [-0.39, 0.29) is 41.7 Å². The SMILES string of the molecule is CC(C)(C)c1nc(CC(=O)NC(C)(CN)C2CC2)cs1.Cl.Cl. The molecule has 1 aromatic heterocycles. The Morgan fingerprint density at radius 3 is 2.36 bits per heavy atom. The molecule has 0 aromatic carbocycles. The van der Waals surface area contributed by atoms with Crippen LogP contribution in [0.2, 0.25) is 0 Å². The van der Waals surface area contributed by atoms with Gasteiger partial charge in [-0.25, -0.2) is 4.98 Å². The number of amides is 1. The number of nitrogens with one attached hydrogen (secondary N) is 1. The van der Waals surface area contributed by atoms with Gasteiger partial charge in [-0.05, 0) is 25.7 Å². The summed E-state index contributed by atoms with van der Waals surface area (Å²) in [5, 5.41) is 6.16. The highest BCUT2D eigenvalue weighted by atomic mass is 35.5. The van der Waals surface area contributed by atoms with Gasteiger partial charge >= 0.3 is 0 Å². The van der Waals surface area contributed by atoms with Crippen molar-refractivity contribution >= 4 is 42.1 Å². The van der Waals surface area contributed by atoms with Crippen LogP contribution in [0.25, 0.3) is 0 Å². The number of carbonyl (C=O) groups is 1. The van der Waals surface area contributed by atoms with E-state index in [0.717, 1.165) is 10.7 Å². The van der Waals surface area contributed by atoms with Crippen molar-refractivity contribution < 1.29 is 4.79 Å². The third-order valence-electron chi connectivity index (χ3n) is 3.86. The first-order valence-corrected chi connectivity index (χ1v) is 8.08. The maximum atomic E-state index is 12.2. The average molecular weight is 368 g/mol. The third-order valence-corrected chi connectivity index (χ3v) is 5.18. The molecule has 1 saturated carbocycles. The maximum absolute atomic E-state index is 12.2. The van der Waals surface area contributed by atoms with Gasteiger partial charge in [0.2, 0.25) is 5.91 Å².